The summed E-state index contributed by atoms with van der Waals surface area (Å²) >= 11 is 0. The topological polar surface area (TPSA) is 61.4 Å². The second-order valence-corrected chi connectivity index (χ2v) is 4.36. The van der Waals surface area contributed by atoms with E-state index in [1.807, 2.05) is 12.1 Å². The molecule has 1 atom stereocenters. The first-order valence-electron chi connectivity index (χ1n) is 5.75. The molecule has 0 aromatic heterocycles. The van der Waals surface area contributed by atoms with Crippen LogP contribution in [0.25, 0.3) is 0 Å². The third-order valence-electron chi connectivity index (χ3n) is 2.38. The lowest BCUT2D eigenvalue weighted by Crippen LogP contribution is -2.36. The SMILES string of the molecule is CC(=O)Nc1cccc(NC(C)C(=O)N(C)C)c1. The van der Waals surface area contributed by atoms with E-state index in [0.717, 1.165) is 5.69 Å². The van der Waals surface area contributed by atoms with Gasteiger partial charge in [0.05, 0.1) is 0 Å². The highest BCUT2D eigenvalue weighted by molar-refractivity contribution is 5.89. The van der Waals surface area contributed by atoms with Crippen LogP contribution in [0, 0.1) is 0 Å². The highest BCUT2D eigenvalue weighted by Gasteiger charge is 2.14. The molecule has 0 heterocycles. The number of carbonyl (C=O) groups is 2. The number of benzene rings is 1. The summed E-state index contributed by atoms with van der Waals surface area (Å²) in [5.74, 6) is -0.121. The number of hydrogen-bond donors (Lipinski definition) is 2. The number of hydrogen-bond acceptors (Lipinski definition) is 3. The zero-order valence-electron chi connectivity index (χ0n) is 11.2. The van der Waals surface area contributed by atoms with Crippen molar-refractivity contribution >= 4 is 23.2 Å². The van der Waals surface area contributed by atoms with Crippen molar-refractivity contribution in [1.82, 2.24) is 4.90 Å². The zero-order chi connectivity index (χ0) is 13.7. The number of rotatable bonds is 4. The van der Waals surface area contributed by atoms with Gasteiger partial charge in [-0.25, -0.2) is 0 Å². The molecule has 0 spiro atoms. The molecular weight excluding hydrogens is 230 g/mol. The van der Waals surface area contributed by atoms with E-state index >= 15 is 0 Å². The lowest BCUT2D eigenvalue weighted by Gasteiger charge is -2.19. The molecule has 1 rings (SSSR count). The maximum atomic E-state index is 11.7. The van der Waals surface area contributed by atoms with Crippen LogP contribution in [0.5, 0.6) is 0 Å². The minimum Gasteiger partial charge on any atom is -0.374 e. The van der Waals surface area contributed by atoms with Crippen molar-refractivity contribution in [2.45, 2.75) is 19.9 Å². The van der Waals surface area contributed by atoms with Crippen molar-refractivity contribution in [2.24, 2.45) is 0 Å². The Morgan fingerprint density at radius 2 is 1.83 bits per heavy atom. The van der Waals surface area contributed by atoms with Gasteiger partial charge in [0.1, 0.15) is 6.04 Å². The van der Waals surface area contributed by atoms with Gasteiger partial charge in [-0.05, 0) is 25.1 Å². The molecule has 5 nitrogen and oxygen atoms in total. The third-order valence-corrected chi connectivity index (χ3v) is 2.38. The van der Waals surface area contributed by atoms with Crippen molar-refractivity contribution in [3.05, 3.63) is 24.3 Å². The molecule has 0 saturated carbocycles. The second kappa shape index (κ2) is 6.05. The van der Waals surface area contributed by atoms with E-state index in [1.165, 1.54) is 11.8 Å². The van der Waals surface area contributed by atoms with E-state index in [2.05, 4.69) is 10.6 Å². The first kappa shape index (κ1) is 14.0. The molecule has 0 aliphatic heterocycles. The second-order valence-electron chi connectivity index (χ2n) is 4.36. The minimum atomic E-state index is -0.312. The van der Waals surface area contributed by atoms with Gasteiger partial charge in [-0.2, -0.15) is 0 Å². The predicted molar refractivity (Wildman–Crippen MR) is 72.5 cm³/mol. The van der Waals surface area contributed by atoms with Gasteiger partial charge in [0, 0.05) is 32.4 Å². The molecule has 0 aliphatic carbocycles. The molecule has 98 valence electrons. The van der Waals surface area contributed by atoms with Gasteiger partial charge in [-0.15, -0.1) is 0 Å². The summed E-state index contributed by atoms with van der Waals surface area (Å²) in [6, 6.07) is 6.95. The van der Waals surface area contributed by atoms with Crippen molar-refractivity contribution in [3.8, 4) is 0 Å². The fourth-order valence-electron chi connectivity index (χ4n) is 1.59. The Labute approximate surface area is 107 Å². The van der Waals surface area contributed by atoms with Gasteiger partial charge in [0.2, 0.25) is 11.8 Å². The molecule has 5 heteroatoms. The summed E-state index contributed by atoms with van der Waals surface area (Å²) in [6.45, 7) is 3.26. The quantitative estimate of drug-likeness (QED) is 0.850. The Kier molecular flexibility index (Phi) is 4.71. The summed E-state index contributed by atoms with van der Waals surface area (Å²) < 4.78 is 0. The molecule has 0 bridgehead atoms. The molecule has 1 aromatic carbocycles. The molecule has 0 saturated heterocycles. The van der Waals surface area contributed by atoms with Gasteiger partial charge < -0.3 is 15.5 Å². The largest absolute Gasteiger partial charge is 0.374 e. The van der Waals surface area contributed by atoms with E-state index in [1.54, 1.807) is 33.2 Å². The van der Waals surface area contributed by atoms with Gasteiger partial charge in [-0.1, -0.05) is 6.07 Å². The van der Waals surface area contributed by atoms with Crippen LogP contribution in [0.15, 0.2) is 24.3 Å². The van der Waals surface area contributed by atoms with Crippen LogP contribution in [-0.2, 0) is 9.59 Å². The maximum absolute atomic E-state index is 11.7. The van der Waals surface area contributed by atoms with E-state index in [4.69, 9.17) is 0 Å². The average molecular weight is 249 g/mol. The van der Waals surface area contributed by atoms with E-state index < -0.39 is 0 Å². The van der Waals surface area contributed by atoms with Crippen molar-refractivity contribution in [1.29, 1.82) is 0 Å². The fraction of sp³-hybridized carbons (Fsp3) is 0.385. The van der Waals surface area contributed by atoms with Crippen LogP contribution in [0.1, 0.15) is 13.8 Å². The molecular formula is C13H19N3O2. The van der Waals surface area contributed by atoms with Gasteiger partial charge in [0.15, 0.2) is 0 Å². The van der Waals surface area contributed by atoms with Gasteiger partial charge in [0.25, 0.3) is 0 Å². The number of likely N-dealkylation sites (N-methyl/N-ethyl adjacent to an activating group) is 1. The molecule has 0 aliphatic rings. The van der Waals surface area contributed by atoms with Crippen molar-refractivity contribution < 1.29 is 9.59 Å². The highest BCUT2D eigenvalue weighted by atomic mass is 16.2. The zero-order valence-corrected chi connectivity index (χ0v) is 11.2. The minimum absolute atomic E-state index is 0.0000647. The van der Waals surface area contributed by atoms with Gasteiger partial charge >= 0.3 is 0 Å². The van der Waals surface area contributed by atoms with Crippen molar-refractivity contribution in [2.75, 3.05) is 24.7 Å². The summed E-state index contributed by atoms with van der Waals surface area (Å²) in [7, 11) is 3.43. The van der Waals surface area contributed by atoms with Crippen LogP contribution in [0.4, 0.5) is 11.4 Å². The van der Waals surface area contributed by atoms with E-state index in [9.17, 15) is 9.59 Å². The number of amides is 2. The smallest absolute Gasteiger partial charge is 0.244 e. The lowest BCUT2D eigenvalue weighted by atomic mass is 10.2. The van der Waals surface area contributed by atoms with Crippen LogP contribution in [-0.4, -0.2) is 36.9 Å². The molecule has 2 amide bonds. The lowest BCUT2D eigenvalue weighted by molar-refractivity contribution is -0.129. The third kappa shape index (κ3) is 4.08. The monoisotopic (exact) mass is 249 g/mol. The van der Waals surface area contributed by atoms with Gasteiger partial charge in [-0.3, -0.25) is 9.59 Å². The van der Waals surface area contributed by atoms with E-state index in [0.29, 0.717) is 5.69 Å². The summed E-state index contributed by atoms with van der Waals surface area (Å²) in [5.41, 5.74) is 1.50. The van der Waals surface area contributed by atoms with Crippen LogP contribution in [0.2, 0.25) is 0 Å². The summed E-state index contributed by atoms with van der Waals surface area (Å²) in [5, 5.41) is 5.79. The standard InChI is InChI=1S/C13H19N3O2/c1-9(13(18)16(3)4)14-11-6-5-7-12(8-11)15-10(2)17/h5-9,14H,1-4H3,(H,15,17). The average Bonchev–Trinajstić information content (AvgIpc) is 2.27. The Morgan fingerprint density at radius 1 is 1.22 bits per heavy atom. The Hall–Kier alpha value is -2.04. The molecule has 0 radical (unpaired) electrons. The number of nitrogens with one attached hydrogen (secondary N) is 2. The fourth-order valence-corrected chi connectivity index (χ4v) is 1.59. The molecule has 0 fully saturated rings. The predicted octanol–water partition coefficient (Wildman–Crippen LogP) is 1.53. The van der Waals surface area contributed by atoms with Crippen LogP contribution < -0.4 is 10.6 Å². The Bertz CT molecular complexity index is 444. The van der Waals surface area contributed by atoms with E-state index in [-0.39, 0.29) is 17.9 Å². The molecule has 1 unspecified atom stereocenters. The molecule has 18 heavy (non-hydrogen) atoms. The molecule has 2 N–H and O–H groups in total. The summed E-state index contributed by atoms with van der Waals surface area (Å²) in [4.78, 5) is 24.2. The number of anilines is 2. The maximum Gasteiger partial charge on any atom is 0.244 e. The molecule has 1 aromatic rings. The van der Waals surface area contributed by atoms with Crippen LogP contribution in [0.3, 0.4) is 0 Å². The first-order chi connectivity index (χ1) is 8.40. The first-order valence-corrected chi connectivity index (χ1v) is 5.75. The highest BCUT2D eigenvalue weighted by Crippen LogP contribution is 2.16. The van der Waals surface area contributed by atoms with Crippen LogP contribution >= 0.6 is 0 Å². The van der Waals surface area contributed by atoms with Crippen molar-refractivity contribution in [3.63, 3.8) is 0 Å². The Balaban J connectivity index is 2.73. The number of carbonyl (C=O) groups excluding carboxylic acids is 2. The normalized spacial score (nSPS) is 11.6. The number of nitrogens with zero attached hydrogens (tertiary/aromatic N) is 1. The summed E-state index contributed by atoms with van der Waals surface area (Å²) in [6.07, 6.45) is 0. The Morgan fingerprint density at radius 3 is 2.39 bits per heavy atom.